The molecule has 0 radical (unpaired) electrons. The van der Waals surface area contributed by atoms with E-state index in [1.54, 1.807) is 16.1 Å². The van der Waals surface area contributed by atoms with E-state index in [1.165, 1.54) is 0 Å². The standard InChI is InChI=1S/C14H31N3O2S2/c1-4-8-15-11-14-6-5-10-17(12-14)21(18,19)16-9-7-13(2)20-3/h13-16H,4-12H2,1-3H3. The molecule has 1 fully saturated rings. The molecule has 1 aliphatic heterocycles. The zero-order chi connectivity index (χ0) is 15.7. The van der Waals surface area contributed by atoms with Crippen molar-refractivity contribution in [3.8, 4) is 0 Å². The lowest BCUT2D eigenvalue weighted by Gasteiger charge is -2.32. The molecule has 2 unspecified atom stereocenters. The van der Waals surface area contributed by atoms with Crippen molar-refractivity contribution >= 4 is 22.0 Å². The van der Waals surface area contributed by atoms with Crippen molar-refractivity contribution in [2.45, 2.75) is 44.8 Å². The Kier molecular flexibility index (Phi) is 9.20. The molecule has 21 heavy (non-hydrogen) atoms. The molecule has 5 nitrogen and oxygen atoms in total. The van der Waals surface area contributed by atoms with E-state index in [-0.39, 0.29) is 0 Å². The molecule has 0 aromatic heterocycles. The molecule has 2 atom stereocenters. The zero-order valence-electron chi connectivity index (χ0n) is 13.6. The molecule has 2 N–H and O–H groups in total. The van der Waals surface area contributed by atoms with Crippen LogP contribution in [-0.2, 0) is 10.2 Å². The van der Waals surface area contributed by atoms with Crippen LogP contribution in [0.3, 0.4) is 0 Å². The van der Waals surface area contributed by atoms with E-state index < -0.39 is 10.2 Å². The van der Waals surface area contributed by atoms with Crippen molar-refractivity contribution in [1.29, 1.82) is 0 Å². The predicted octanol–water partition coefficient (Wildman–Crippen LogP) is 1.67. The summed E-state index contributed by atoms with van der Waals surface area (Å²) in [5.74, 6) is 0.437. The molecule has 0 spiro atoms. The monoisotopic (exact) mass is 337 g/mol. The van der Waals surface area contributed by atoms with Gasteiger partial charge >= 0.3 is 0 Å². The van der Waals surface area contributed by atoms with Crippen molar-refractivity contribution < 1.29 is 8.42 Å². The highest BCUT2D eigenvalue weighted by molar-refractivity contribution is 7.99. The van der Waals surface area contributed by atoms with Crippen LogP contribution in [0, 0.1) is 5.92 Å². The van der Waals surface area contributed by atoms with E-state index >= 15 is 0 Å². The topological polar surface area (TPSA) is 61.4 Å². The minimum absolute atomic E-state index is 0.437. The SMILES string of the molecule is CCCNCC1CCCN(S(=O)(=O)NCCC(C)SC)C1. The second-order valence-electron chi connectivity index (χ2n) is 5.80. The molecule has 126 valence electrons. The minimum atomic E-state index is -3.30. The molecule has 1 heterocycles. The van der Waals surface area contributed by atoms with E-state index in [4.69, 9.17) is 0 Å². The van der Waals surface area contributed by atoms with Crippen molar-refractivity contribution in [1.82, 2.24) is 14.3 Å². The van der Waals surface area contributed by atoms with Crippen molar-refractivity contribution in [3.63, 3.8) is 0 Å². The lowest BCUT2D eigenvalue weighted by molar-refractivity contribution is 0.258. The normalized spacial score (nSPS) is 22.3. The molecule has 1 saturated heterocycles. The van der Waals surface area contributed by atoms with Gasteiger partial charge in [0, 0.05) is 24.9 Å². The fourth-order valence-electron chi connectivity index (χ4n) is 2.50. The number of nitrogens with zero attached hydrogens (tertiary/aromatic N) is 1. The van der Waals surface area contributed by atoms with Gasteiger partial charge in [0.1, 0.15) is 0 Å². The van der Waals surface area contributed by atoms with Gasteiger partial charge in [0.15, 0.2) is 0 Å². The molecular formula is C14H31N3O2S2. The molecule has 0 bridgehead atoms. The van der Waals surface area contributed by atoms with E-state index in [0.717, 1.165) is 38.8 Å². The summed E-state index contributed by atoms with van der Waals surface area (Å²) in [6.07, 6.45) is 6.12. The Morgan fingerprint density at radius 1 is 1.38 bits per heavy atom. The fourth-order valence-corrected chi connectivity index (χ4v) is 4.18. The number of hydrogen-bond acceptors (Lipinski definition) is 4. The molecule has 0 amide bonds. The highest BCUT2D eigenvalue weighted by atomic mass is 32.2. The maximum absolute atomic E-state index is 12.3. The molecule has 7 heteroatoms. The summed E-state index contributed by atoms with van der Waals surface area (Å²) in [5, 5.41) is 3.88. The van der Waals surface area contributed by atoms with E-state index in [0.29, 0.717) is 30.8 Å². The molecular weight excluding hydrogens is 306 g/mol. The lowest BCUT2D eigenvalue weighted by atomic mass is 10.00. The molecule has 0 aliphatic carbocycles. The highest BCUT2D eigenvalue weighted by Crippen LogP contribution is 2.18. The third-order valence-electron chi connectivity index (χ3n) is 3.92. The molecule has 1 rings (SSSR count). The number of piperidine rings is 1. The highest BCUT2D eigenvalue weighted by Gasteiger charge is 2.28. The first-order valence-electron chi connectivity index (χ1n) is 7.97. The third kappa shape index (κ3) is 7.32. The molecule has 0 aromatic carbocycles. The first-order chi connectivity index (χ1) is 9.99. The van der Waals surface area contributed by atoms with Gasteiger partial charge in [0.2, 0.25) is 0 Å². The Balaban J connectivity index is 2.39. The smallest absolute Gasteiger partial charge is 0.279 e. The summed E-state index contributed by atoms with van der Waals surface area (Å²) in [6, 6.07) is 0. The Hall–Kier alpha value is 0.180. The van der Waals surface area contributed by atoms with Crippen molar-refractivity contribution in [2.75, 3.05) is 39.0 Å². The van der Waals surface area contributed by atoms with E-state index in [9.17, 15) is 8.42 Å². The van der Waals surface area contributed by atoms with Gasteiger partial charge in [0.25, 0.3) is 10.2 Å². The molecule has 1 aliphatic rings. The fraction of sp³-hybridized carbons (Fsp3) is 1.00. The number of rotatable bonds is 10. The second kappa shape index (κ2) is 10.0. The lowest BCUT2D eigenvalue weighted by Crippen LogP contribution is -2.48. The van der Waals surface area contributed by atoms with Crippen LogP contribution in [0.5, 0.6) is 0 Å². The van der Waals surface area contributed by atoms with Gasteiger partial charge in [-0.1, -0.05) is 13.8 Å². The Morgan fingerprint density at radius 2 is 2.14 bits per heavy atom. The summed E-state index contributed by atoms with van der Waals surface area (Å²) in [6.45, 7) is 8.01. The average molecular weight is 338 g/mol. The largest absolute Gasteiger partial charge is 0.316 e. The van der Waals surface area contributed by atoms with Gasteiger partial charge in [-0.05, 0) is 50.9 Å². The van der Waals surface area contributed by atoms with Gasteiger partial charge in [-0.25, -0.2) is 4.72 Å². The Bertz CT molecular complexity index is 376. The van der Waals surface area contributed by atoms with Crippen LogP contribution in [0.25, 0.3) is 0 Å². The van der Waals surface area contributed by atoms with Crippen LogP contribution in [-0.4, -0.2) is 57.0 Å². The van der Waals surface area contributed by atoms with Gasteiger partial charge in [-0.3, -0.25) is 0 Å². The van der Waals surface area contributed by atoms with Gasteiger partial charge in [0.05, 0.1) is 0 Å². The van der Waals surface area contributed by atoms with Crippen molar-refractivity contribution in [2.24, 2.45) is 5.92 Å². The van der Waals surface area contributed by atoms with Crippen LogP contribution in [0.15, 0.2) is 0 Å². The first-order valence-corrected chi connectivity index (χ1v) is 10.7. The van der Waals surface area contributed by atoms with E-state index in [2.05, 4.69) is 30.1 Å². The molecule has 0 aromatic rings. The quantitative estimate of drug-likeness (QED) is 0.595. The zero-order valence-corrected chi connectivity index (χ0v) is 15.2. The predicted molar refractivity (Wildman–Crippen MR) is 92.0 cm³/mol. The average Bonchev–Trinajstić information content (AvgIpc) is 2.47. The minimum Gasteiger partial charge on any atom is -0.316 e. The van der Waals surface area contributed by atoms with Crippen LogP contribution in [0.4, 0.5) is 0 Å². The van der Waals surface area contributed by atoms with Crippen LogP contribution < -0.4 is 10.0 Å². The van der Waals surface area contributed by atoms with Gasteiger partial charge < -0.3 is 5.32 Å². The first kappa shape index (κ1) is 19.2. The summed E-state index contributed by atoms with van der Waals surface area (Å²) >= 11 is 1.77. The number of hydrogen-bond donors (Lipinski definition) is 2. The Labute approximate surface area is 134 Å². The maximum Gasteiger partial charge on any atom is 0.279 e. The number of thioether (sulfide) groups is 1. The molecule has 0 saturated carbocycles. The Morgan fingerprint density at radius 3 is 2.81 bits per heavy atom. The summed E-state index contributed by atoms with van der Waals surface area (Å²) in [4.78, 5) is 0. The van der Waals surface area contributed by atoms with Crippen LogP contribution in [0.1, 0.15) is 39.5 Å². The summed E-state index contributed by atoms with van der Waals surface area (Å²) in [5.41, 5.74) is 0. The third-order valence-corrected chi connectivity index (χ3v) is 6.54. The summed E-state index contributed by atoms with van der Waals surface area (Å²) in [7, 11) is -3.30. The van der Waals surface area contributed by atoms with Gasteiger partial charge in [-0.2, -0.15) is 24.5 Å². The number of nitrogens with one attached hydrogen (secondary N) is 2. The van der Waals surface area contributed by atoms with Crippen LogP contribution in [0.2, 0.25) is 0 Å². The maximum atomic E-state index is 12.3. The van der Waals surface area contributed by atoms with Crippen LogP contribution >= 0.6 is 11.8 Å². The summed E-state index contributed by atoms with van der Waals surface area (Å²) < 4.78 is 29.0. The van der Waals surface area contributed by atoms with E-state index in [1.807, 2.05) is 0 Å². The second-order valence-corrected chi connectivity index (χ2v) is 8.84. The van der Waals surface area contributed by atoms with Gasteiger partial charge in [-0.15, -0.1) is 0 Å². The van der Waals surface area contributed by atoms with Crippen molar-refractivity contribution in [3.05, 3.63) is 0 Å².